The van der Waals surface area contributed by atoms with Gasteiger partial charge in [-0.15, -0.1) is 0 Å². The van der Waals surface area contributed by atoms with E-state index >= 15 is 0 Å². The molecule has 3 amide bonds. The molecule has 0 aliphatic heterocycles. The lowest BCUT2D eigenvalue weighted by Crippen LogP contribution is -2.58. The average molecular weight is 525 g/mol. The van der Waals surface area contributed by atoms with E-state index in [-0.39, 0.29) is 30.9 Å². The summed E-state index contributed by atoms with van der Waals surface area (Å²) in [5, 5.41) is 44.6. The van der Waals surface area contributed by atoms with Crippen LogP contribution in [0.3, 0.4) is 0 Å². The third-order valence-corrected chi connectivity index (χ3v) is 5.43. The molecule has 0 aliphatic carbocycles. The number of aliphatic hydroxyl groups excluding tert-OH is 1. The van der Waals surface area contributed by atoms with Crippen molar-refractivity contribution in [3.63, 3.8) is 0 Å². The van der Waals surface area contributed by atoms with Crippen molar-refractivity contribution in [2.24, 2.45) is 11.7 Å². The molecule has 13 heteroatoms. The van der Waals surface area contributed by atoms with Crippen LogP contribution >= 0.6 is 0 Å². The number of hydrogen-bond acceptors (Lipinski definition) is 8. The van der Waals surface area contributed by atoms with E-state index in [0.29, 0.717) is 5.56 Å². The normalized spacial score (nSPS) is 15.1. The highest BCUT2D eigenvalue weighted by Crippen LogP contribution is 2.13. The van der Waals surface area contributed by atoms with E-state index in [9.17, 15) is 39.3 Å². The van der Waals surface area contributed by atoms with Crippen molar-refractivity contribution in [3.8, 4) is 5.75 Å². The quantitative estimate of drug-likeness (QED) is 0.141. The number of aliphatic hydroxyl groups is 1. The van der Waals surface area contributed by atoms with Gasteiger partial charge >= 0.3 is 11.9 Å². The molecule has 0 aliphatic rings. The maximum absolute atomic E-state index is 13.2. The Hall–Kier alpha value is -3.71. The molecular formula is C24H36N4O9. The van der Waals surface area contributed by atoms with Crippen LogP contribution in [0.2, 0.25) is 0 Å². The van der Waals surface area contributed by atoms with Gasteiger partial charge < -0.3 is 42.1 Å². The van der Waals surface area contributed by atoms with Crippen LogP contribution in [0.1, 0.15) is 45.6 Å². The van der Waals surface area contributed by atoms with Crippen LogP contribution < -0.4 is 21.7 Å². The minimum Gasteiger partial charge on any atom is -0.508 e. The molecule has 0 radical (unpaired) electrons. The smallest absolute Gasteiger partial charge is 0.326 e. The summed E-state index contributed by atoms with van der Waals surface area (Å²) in [6, 6.07) is 0.542. The summed E-state index contributed by atoms with van der Waals surface area (Å²) in [5.74, 6) is -5.16. The Balaban J connectivity index is 3.17. The highest BCUT2D eigenvalue weighted by Gasteiger charge is 2.31. The molecule has 5 atom stereocenters. The Morgan fingerprint density at radius 1 is 0.838 bits per heavy atom. The van der Waals surface area contributed by atoms with Gasteiger partial charge in [-0.1, -0.05) is 26.0 Å². The number of carboxylic acids is 2. The topological polar surface area (TPSA) is 228 Å². The molecule has 0 saturated heterocycles. The van der Waals surface area contributed by atoms with E-state index in [0.717, 1.165) is 0 Å². The summed E-state index contributed by atoms with van der Waals surface area (Å²) in [6.45, 7) is 4.94. The van der Waals surface area contributed by atoms with Gasteiger partial charge in [0, 0.05) is 12.8 Å². The second-order valence-electron chi connectivity index (χ2n) is 9.22. The van der Waals surface area contributed by atoms with Crippen molar-refractivity contribution in [1.29, 1.82) is 0 Å². The van der Waals surface area contributed by atoms with E-state index < -0.39 is 66.4 Å². The Labute approximate surface area is 214 Å². The molecular weight excluding hydrogens is 488 g/mol. The molecule has 0 bridgehead atoms. The highest BCUT2D eigenvalue weighted by molar-refractivity contribution is 5.94. The van der Waals surface area contributed by atoms with Crippen LogP contribution in [0.15, 0.2) is 24.3 Å². The maximum Gasteiger partial charge on any atom is 0.326 e. The molecule has 0 spiro atoms. The Bertz CT molecular complexity index is 950. The molecule has 13 nitrogen and oxygen atoms in total. The van der Waals surface area contributed by atoms with Gasteiger partial charge in [0.1, 0.15) is 29.9 Å². The summed E-state index contributed by atoms with van der Waals surface area (Å²) >= 11 is 0. The number of hydrogen-bond donors (Lipinski definition) is 8. The molecule has 9 N–H and O–H groups in total. The fourth-order valence-corrected chi connectivity index (χ4v) is 3.34. The molecule has 37 heavy (non-hydrogen) atoms. The lowest BCUT2D eigenvalue weighted by Gasteiger charge is -2.26. The van der Waals surface area contributed by atoms with Crippen molar-refractivity contribution in [2.75, 3.05) is 0 Å². The first-order valence-electron chi connectivity index (χ1n) is 11.8. The number of nitrogens with two attached hydrogens (primary N) is 1. The number of carbonyl (C=O) groups excluding carboxylic acids is 3. The zero-order chi connectivity index (χ0) is 28.3. The van der Waals surface area contributed by atoms with Crippen molar-refractivity contribution in [3.05, 3.63) is 29.8 Å². The summed E-state index contributed by atoms with van der Waals surface area (Å²) in [7, 11) is 0. The first-order valence-corrected chi connectivity index (χ1v) is 11.8. The number of amides is 3. The molecule has 0 heterocycles. The number of benzene rings is 1. The minimum absolute atomic E-state index is 0.0254. The lowest BCUT2D eigenvalue weighted by molar-refractivity contribution is -0.143. The number of carbonyl (C=O) groups is 5. The van der Waals surface area contributed by atoms with E-state index in [1.807, 2.05) is 13.8 Å². The number of aliphatic carboxylic acids is 2. The maximum atomic E-state index is 13.2. The number of carboxylic acid groups (broad SMARTS) is 2. The largest absolute Gasteiger partial charge is 0.508 e. The second kappa shape index (κ2) is 14.8. The summed E-state index contributed by atoms with van der Waals surface area (Å²) in [5.41, 5.74) is 6.18. The van der Waals surface area contributed by atoms with Crippen LogP contribution in [0, 0.1) is 5.92 Å². The van der Waals surface area contributed by atoms with Gasteiger partial charge in [0.25, 0.3) is 0 Å². The Morgan fingerprint density at radius 2 is 1.35 bits per heavy atom. The van der Waals surface area contributed by atoms with E-state index in [4.69, 9.17) is 10.8 Å². The van der Waals surface area contributed by atoms with Crippen LogP contribution in [0.25, 0.3) is 0 Å². The summed E-state index contributed by atoms with van der Waals surface area (Å²) in [4.78, 5) is 61.0. The third kappa shape index (κ3) is 11.3. The number of nitrogens with one attached hydrogen (secondary N) is 3. The van der Waals surface area contributed by atoms with E-state index in [1.165, 1.54) is 31.2 Å². The van der Waals surface area contributed by atoms with Crippen LogP contribution in [0.5, 0.6) is 5.75 Å². The van der Waals surface area contributed by atoms with Crippen LogP contribution in [-0.4, -0.2) is 80.4 Å². The standard InChI is InChI=1S/C24H36N4O9/c1-12(2)10-17(28-23(35)20(25)13(3)29)21(33)27-18(11-14-4-6-15(30)7-5-14)22(34)26-16(24(36)37)8-9-19(31)32/h4-7,12-13,16-18,20,29-30H,8-11,25H2,1-3H3,(H,26,34)(H,27,33)(H,28,35)(H,31,32)(H,36,37). The highest BCUT2D eigenvalue weighted by atomic mass is 16.4. The monoisotopic (exact) mass is 524 g/mol. The van der Waals surface area contributed by atoms with E-state index in [1.54, 1.807) is 0 Å². The summed E-state index contributed by atoms with van der Waals surface area (Å²) in [6.07, 6.45) is -1.97. The predicted molar refractivity (Wildman–Crippen MR) is 131 cm³/mol. The van der Waals surface area contributed by atoms with Gasteiger partial charge in [0.2, 0.25) is 17.7 Å². The molecule has 206 valence electrons. The zero-order valence-corrected chi connectivity index (χ0v) is 21.0. The third-order valence-electron chi connectivity index (χ3n) is 5.43. The van der Waals surface area contributed by atoms with Crippen LogP contribution in [0.4, 0.5) is 0 Å². The van der Waals surface area contributed by atoms with Crippen molar-refractivity contribution >= 4 is 29.7 Å². The predicted octanol–water partition coefficient (Wildman–Crippen LogP) is -0.907. The number of phenols is 1. The van der Waals surface area contributed by atoms with Gasteiger partial charge in [-0.2, -0.15) is 0 Å². The minimum atomic E-state index is -1.52. The average Bonchev–Trinajstić information content (AvgIpc) is 2.80. The number of rotatable bonds is 15. The zero-order valence-electron chi connectivity index (χ0n) is 21.0. The lowest BCUT2D eigenvalue weighted by atomic mass is 10.00. The first-order chi connectivity index (χ1) is 17.2. The molecule has 5 unspecified atom stereocenters. The molecule has 0 saturated carbocycles. The Kier molecular flexibility index (Phi) is 12.5. The van der Waals surface area contributed by atoms with Gasteiger partial charge in [-0.05, 0) is 43.4 Å². The van der Waals surface area contributed by atoms with E-state index in [2.05, 4.69) is 16.0 Å². The van der Waals surface area contributed by atoms with Crippen molar-refractivity contribution in [2.45, 2.75) is 76.7 Å². The van der Waals surface area contributed by atoms with Gasteiger partial charge in [0.15, 0.2) is 0 Å². The summed E-state index contributed by atoms with van der Waals surface area (Å²) < 4.78 is 0. The van der Waals surface area contributed by atoms with Gasteiger partial charge in [0.05, 0.1) is 6.10 Å². The number of phenolic OH excluding ortho intramolecular Hbond substituents is 1. The van der Waals surface area contributed by atoms with Crippen molar-refractivity contribution < 1.29 is 44.4 Å². The second-order valence-corrected chi connectivity index (χ2v) is 9.22. The molecule has 0 fully saturated rings. The van der Waals surface area contributed by atoms with Gasteiger partial charge in [-0.25, -0.2) is 4.79 Å². The number of aromatic hydroxyl groups is 1. The molecule has 1 rings (SSSR count). The van der Waals surface area contributed by atoms with Gasteiger partial charge in [-0.3, -0.25) is 19.2 Å². The Morgan fingerprint density at radius 3 is 1.84 bits per heavy atom. The molecule has 0 aromatic heterocycles. The SMILES string of the molecule is CC(C)CC(NC(=O)C(N)C(C)O)C(=O)NC(Cc1ccc(O)cc1)C(=O)NC(CCC(=O)O)C(=O)O. The fourth-order valence-electron chi connectivity index (χ4n) is 3.34. The van der Waals surface area contributed by atoms with Crippen molar-refractivity contribution in [1.82, 2.24) is 16.0 Å². The fraction of sp³-hybridized carbons (Fsp3) is 0.542. The molecule has 1 aromatic rings. The van der Waals surface area contributed by atoms with Crippen LogP contribution in [-0.2, 0) is 30.4 Å². The molecule has 1 aromatic carbocycles. The first kappa shape index (κ1) is 31.3.